The zero-order chi connectivity index (χ0) is 35.4. The lowest BCUT2D eigenvalue weighted by atomic mass is 9.94. The van der Waals surface area contributed by atoms with Gasteiger partial charge in [0, 0.05) is 13.5 Å². The van der Waals surface area contributed by atoms with E-state index in [0.717, 1.165) is 32.1 Å². The molecule has 3 rings (SSSR count). The highest BCUT2D eigenvalue weighted by Gasteiger charge is 2.54. The molecule has 3 aliphatic rings. The average Bonchev–Trinajstić information content (AvgIpc) is 3.07. The van der Waals surface area contributed by atoms with E-state index in [-0.39, 0.29) is 6.61 Å². The van der Waals surface area contributed by atoms with Gasteiger partial charge >= 0.3 is 0 Å². The minimum Gasteiger partial charge on any atom is -0.394 e. The second-order valence-corrected chi connectivity index (χ2v) is 12.7. The van der Waals surface area contributed by atoms with E-state index >= 15 is 0 Å². The number of rotatable bonds is 19. The van der Waals surface area contributed by atoms with Crippen molar-refractivity contribution in [2.75, 3.05) is 33.0 Å². The first kappa shape index (κ1) is 41.3. The third-order valence-corrected chi connectivity index (χ3v) is 8.92. The molecule has 17 heteroatoms. The number of nitrogens with one attached hydrogen (secondary N) is 2. The van der Waals surface area contributed by atoms with Gasteiger partial charge in [-0.15, -0.1) is 0 Å². The van der Waals surface area contributed by atoms with E-state index in [1.807, 2.05) is 6.92 Å². The number of carbonyl (C=O) groups excluding carboxylic acids is 1. The number of unbranched alkanes of at least 4 members (excludes halogenated alkanes) is 5. The predicted octanol–water partition coefficient (Wildman–Crippen LogP) is -3.04. The number of hydrogen-bond donors (Lipinski definition) is 10. The largest absolute Gasteiger partial charge is 0.394 e. The van der Waals surface area contributed by atoms with Crippen molar-refractivity contribution in [3.05, 3.63) is 0 Å². The van der Waals surface area contributed by atoms with Gasteiger partial charge in [-0.2, -0.15) is 0 Å². The number of hydrogen-bond acceptors (Lipinski definition) is 16. The maximum absolute atomic E-state index is 11.9. The molecule has 3 heterocycles. The van der Waals surface area contributed by atoms with Gasteiger partial charge in [0.05, 0.1) is 25.9 Å². The molecule has 48 heavy (non-hydrogen) atoms. The Labute approximate surface area is 281 Å². The first-order valence-corrected chi connectivity index (χ1v) is 17.1. The van der Waals surface area contributed by atoms with Crippen molar-refractivity contribution in [1.29, 1.82) is 0 Å². The van der Waals surface area contributed by atoms with Crippen LogP contribution in [0, 0.1) is 0 Å². The van der Waals surface area contributed by atoms with Crippen LogP contribution in [0.3, 0.4) is 0 Å². The third kappa shape index (κ3) is 10.7. The van der Waals surface area contributed by atoms with Crippen molar-refractivity contribution in [1.82, 2.24) is 10.6 Å². The Hall–Kier alpha value is -1.13. The first-order valence-electron chi connectivity index (χ1n) is 17.1. The Bertz CT molecular complexity index is 923. The molecule has 282 valence electrons. The highest BCUT2D eigenvalue weighted by molar-refractivity contribution is 5.73. The molecule has 0 unspecified atom stereocenters. The molecule has 0 bridgehead atoms. The summed E-state index contributed by atoms with van der Waals surface area (Å²) in [5.41, 5.74) is 0. The van der Waals surface area contributed by atoms with Crippen LogP contribution in [0.1, 0.15) is 65.7 Å². The van der Waals surface area contributed by atoms with Gasteiger partial charge in [0.2, 0.25) is 5.91 Å². The second-order valence-electron chi connectivity index (χ2n) is 12.7. The quantitative estimate of drug-likeness (QED) is 0.0602. The molecule has 0 radical (unpaired) electrons. The number of aliphatic hydroxyl groups is 8. The summed E-state index contributed by atoms with van der Waals surface area (Å²) >= 11 is 0. The highest BCUT2D eigenvalue weighted by atomic mass is 16.8. The standard InChI is InChI=1S/C31H58N2O15/c1-4-6-7-8-9-10-12-43-31-28(26(42)23(39)18(14-35)45-31)48-29-20(32-11-5-2)25(41)27(19(15-36)46-29)47-30-21(33-16(3)37)24(40)22(38)17(13-34)44-30/h17-32,34-36,38-42H,4-15H2,1-3H3,(H,33,37)/t17-,18-,19-,20-,21-,22+,23-,24-,25-,26+,27-,28+,29+,30+,31+/m1/s1. The van der Waals surface area contributed by atoms with Crippen LogP contribution in [0.4, 0.5) is 0 Å². The van der Waals surface area contributed by atoms with Crippen molar-refractivity contribution >= 4 is 5.91 Å². The van der Waals surface area contributed by atoms with Crippen LogP contribution in [0.2, 0.25) is 0 Å². The SMILES string of the molecule is CCCCCCCCO[C@H]1O[C@H](CO)[C@@H](O)[C@H](O)[C@@H]1O[C@@H]1O[C@H](CO)[C@@H](O[C@@H]2O[C@H](CO)[C@H](O)[C@H](O)[C@H]2NC(C)=O)[C@H](O)[C@H]1NCCC. The third-order valence-electron chi connectivity index (χ3n) is 8.92. The number of ether oxygens (including phenoxy) is 6. The fraction of sp³-hybridized carbons (Fsp3) is 0.968. The number of carbonyl (C=O) groups is 1. The van der Waals surface area contributed by atoms with Gasteiger partial charge in [0.15, 0.2) is 18.9 Å². The van der Waals surface area contributed by atoms with Crippen LogP contribution in [-0.2, 0) is 33.2 Å². The second kappa shape index (κ2) is 20.7. The Balaban J connectivity index is 1.81. The molecular formula is C31H58N2O15. The van der Waals surface area contributed by atoms with Gasteiger partial charge in [-0.25, -0.2) is 0 Å². The molecule has 0 aromatic carbocycles. The van der Waals surface area contributed by atoms with Crippen LogP contribution in [0.5, 0.6) is 0 Å². The van der Waals surface area contributed by atoms with Crippen LogP contribution < -0.4 is 10.6 Å². The molecule has 0 aliphatic carbocycles. The molecule has 0 aromatic heterocycles. The first-order chi connectivity index (χ1) is 23.0. The van der Waals surface area contributed by atoms with E-state index in [1.54, 1.807) is 0 Å². The molecule has 3 fully saturated rings. The molecule has 0 aromatic rings. The van der Waals surface area contributed by atoms with Gasteiger partial charge in [-0.3, -0.25) is 4.79 Å². The zero-order valence-corrected chi connectivity index (χ0v) is 28.1. The minimum atomic E-state index is -1.61. The Kier molecular flexibility index (Phi) is 17.8. The summed E-state index contributed by atoms with van der Waals surface area (Å²) in [6.45, 7) is 3.84. The summed E-state index contributed by atoms with van der Waals surface area (Å²) in [5, 5.41) is 89.8. The van der Waals surface area contributed by atoms with E-state index < -0.39 is 118 Å². The van der Waals surface area contributed by atoms with Crippen LogP contribution in [0.25, 0.3) is 0 Å². The van der Waals surface area contributed by atoms with E-state index in [1.165, 1.54) is 6.92 Å². The molecule has 3 saturated heterocycles. The normalized spacial score (nSPS) is 40.5. The fourth-order valence-electron chi connectivity index (χ4n) is 6.19. The number of aliphatic hydroxyl groups excluding tert-OH is 8. The van der Waals surface area contributed by atoms with E-state index in [9.17, 15) is 45.6 Å². The summed E-state index contributed by atoms with van der Waals surface area (Å²) in [7, 11) is 0. The van der Waals surface area contributed by atoms with E-state index in [4.69, 9.17) is 28.4 Å². The molecule has 0 saturated carbocycles. The topological polar surface area (TPSA) is 258 Å². The van der Waals surface area contributed by atoms with E-state index in [2.05, 4.69) is 17.6 Å². The lowest BCUT2D eigenvalue weighted by Crippen LogP contribution is -2.70. The Morgan fingerprint density at radius 3 is 1.77 bits per heavy atom. The predicted molar refractivity (Wildman–Crippen MR) is 166 cm³/mol. The maximum atomic E-state index is 11.9. The monoisotopic (exact) mass is 698 g/mol. The summed E-state index contributed by atoms with van der Waals surface area (Å²) in [4.78, 5) is 11.9. The highest BCUT2D eigenvalue weighted by Crippen LogP contribution is 2.33. The van der Waals surface area contributed by atoms with Crippen molar-refractivity contribution in [3.63, 3.8) is 0 Å². The van der Waals surface area contributed by atoms with Gasteiger partial charge < -0.3 is 79.9 Å². The van der Waals surface area contributed by atoms with Crippen molar-refractivity contribution in [2.24, 2.45) is 0 Å². The summed E-state index contributed by atoms with van der Waals surface area (Å²) in [5.74, 6) is -0.576. The molecule has 17 nitrogen and oxygen atoms in total. The molecule has 3 aliphatic heterocycles. The van der Waals surface area contributed by atoms with Crippen LogP contribution >= 0.6 is 0 Å². The summed E-state index contributed by atoms with van der Waals surface area (Å²) in [6.07, 6.45) is -11.6. The molecule has 10 N–H and O–H groups in total. The molecule has 15 atom stereocenters. The average molecular weight is 699 g/mol. The lowest BCUT2D eigenvalue weighted by Gasteiger charge is -2.49. The van der Waals surface area contributed by atoms with Gasteiger partial charge in [0.1, 0.15) is 67.1 Å². The summed E-state index contributed by atoms with van der Waals surface area (Å²) < 4.78 is 35.7. The Morgan fingerprint density at radius 2 is 1.17 bits per heavy atom. The molecule has 0 spiro atoms. The zero-order valence-electron chi connectivity index (χ0n) is 28.1. The van der Waals surface area contributed by atoms with Gasteiger partial charge in [-0.1, -0.05) is 46.0 Å². The fourth-order valence-corrected chi connectivity index (χ4v) is 6.19. The Morgan fingerprint density at radius 1 is 0.625 bits per heavy atom. The van der Waals surface area contributed by atoms with Crippen molar-refractivity contribution < 1.29 is 74.1 Å². The van der Waals surface area contributed by atoms with Crippen LogP contribution in [0.15, 0.2) is 0 Å². The van der Waals surface area contributed by atoms with Crippen molar-refractivity contribution in [3.8, 4) is 0 Å². The molecular weight excluding hydrogens is 640 g/mol. The van der Waals surface area contributed by atoms with Gasteiger partial charge in [-0.05, 0) is 19.4 Å². The van der Waals surface area contributed by atoms with E-state index in [0.29, 0.717) is 19.4 Å². The van der Waals surface area contributed by atoms with Gasteiger partial charge in [0.25, 0.3) is 0 Å². The smallest absolute Gasteiger partial charge is 0.217 e. The molecule has 1 amide bonds. The maximum Gasteiger partial charge on any atom is 0.217 e. The summed E-state index contributed by atoms with van der Waals surface area (Å²) in [6, 6.07) is -2.38. The van der Waals surface area contributed by atoms with Crippen LogP contribution in [-0.4, -0.2) is 172 Å². The minimum absolute atomic E-state index is 0.255. The van der Waals surface area contributed by atoms with Crippen molar-refractivity contribution in [2.45, 2.75) is 158 Å². The lowest BCUT2D eigenvalue weighted by molar-refractivity contribution is -0.367. The number of amides is 1.